The third-order valence-electron chi connectivity index (χ3n) is 4.18. The molecule has 0 aliphatic carbocycles. The Labute approximate surface area is 177 Å². The smallest absolute Gasteiger partial charge is 0.292 e. The van der Waals surface area contributed by atoms with Gasteiger partial charge in [-0.05, 0) is 12.1 Å². The van der Waals surface area contributed by atoms with Gasteiger partial charge in [0.25, 0.3) is 5.56 Å². The Morgan fingerprint density at radius 3 is 2.42 bits per heavy atom. The zero-order chi connectivity index (χ0) is 23.7. The van der Waals surface area contributed by atoms with Crippen LogP contribution in [0.5, 0.6) is 0 Å². The summed E-state index contributed by atoms with van der Waals surface area (Å²) in [5.41, 5.74) is -5.35. The molecule has 0 aliphatic rings. The van der Waals surface area contributed by atoms with Crippen molar-refractivity contribution in [2.45, 2.75) is 6.18 Å². The van der Waals surface area contributed by atoms with Crippen molar-refractivity contribution in [1.82, 2.24) is 14.2 Å². The summed E-state index contributed by atoms with van der Waals surface area (Å²) in [5, 5.41) is 0.464. The number of nitrogens with zero attached hydrogens (tertiary/aromatic N) is 4. The van der Waals surface area contributed by atoms with Gasteiger partial charge in [0.05, 0.1) is 30.1 Å². The SMILES string of the molecule is C#CCN(C(=O)N(C)OC)c1cc(-n2c(=O)cc(C(F)(F)F)n(C)c2=O)c(F)cc1Cl. The van der Waals surface area contributed by atoms with Crippen LogP contribution in [0.4, 0.5) is 28.0 Å². The van der Waals surface area contributed by atoms with Crippen LogP contribution in [0.2, 0.25) is 5.02 Å². The minimum Gasteiger partial charge on any atom is -0.292 e. The van der Waals surface area contributed by atoms with Crippen LogP contribution in [0.3, 0.4) is 0 Å². The van der Waals surface area contributed by atoms with E-state index in [9.17, 15) is 31.9 Å². The molecule has 0 saturated heterocycles. The van der Waals surface area contributed by atoms with Crippen molar-refractivity contribution in [3.8, 4) is 18.0 Å². The van der Waals surface area contributed by atoms with E-state index in [1.54, 1.807) is 0 Å². The molecule has 2 rings (SSSR count). The third-order valence-corrected chi connectivity index (χ3v) is 4.48. The number of aromatic nitrogens is 2. The van der Waals surface area contributed by atoms with Crippen LogP contribution in [0.15, 0.2) is 27.8 Å². The lowest BCUT2D eigenvalue weighted by Crippen LogP contribution is -2.42. The first kappa shape index (κ1) is 24.0. The Hall–Kier alpha value is -3.30. The topological polar surface area (TPSA) is 76.8 Å². The van der Waals surface area contributed by atoms with E-state index in [1.165, 1.54) is 14.2 Å². The highest BCUT2D eigenvalue weighted by atomic mass is 35.5. The molecule has 13 heteroatoms. The maximum Gasteiger partial charge on any atom is 0.431 e. The van der Waals surface area contributed by atoms with Gasteiger partial charge in [0.2, 0.25) is 0 Å². The van der Waals surface area contributed by atoms with Crippen LogP contribution >= 0.6 is 11.6 Å². The highest BCUT2D eigenvalue weighted by Gasteiger charge is 2.35. The summed E-state index contributed by atoms with van der Waals surface area (Å²) < 4.78 is 54.1. The summed E-state index contributed by atoms with van der Waals surface area (Å²) in [6, 6.07) is 0.872. The number of amides is 2. The Balaban J connectivity index is 2.81. The Bertz CT molecular complexity index is 1180. The largest absolute Gasteiger partial charge is 0.431 e. The number of hydroxylamine groups is 2. The number of benzene rings is 1. The van der Waals surface area contributed by atoms with E-state index in [0.717, 1.165) is 23.1 Å². The zero-order valence-corrected chi connectivity index (χ0v) is 17.1. The van der Waals surface area contributed by atoms with Crippen molar-refractivity contribution in [3.63, 3.8) is 0 Å². The van der Waals surface area contributed by atoms with E-state index in [1.807, 2.05) is 0 Å². The molecule has 0 atom stereocenters. The van der Waals surface area contributed by atoms with Crippen LogP contribution in [0.1, 0.15) is 5.69 Å². The number of carbonyl (C=O) groups is 1. The number of halogens is 5. The van der Waals surface area contributed by atoms with Gasteiger partial charge in [0.15, 0.2) is 0 Å². The average Bonchev–Trinajstić information content (AvgIpc) is 2.68. The maximum atomic E-state index is 14.6. The van der Waals surface area contributed by atoms with Crippen LogP contribution in [-0.2, 0) is 18.1 Å². The van der Waals surface area contributed by atoms with Crippen LogP contribution in [0, 0.1) is 18.2 Å². The molecule has 0 unspecified atom stereocenters. The van der Waals surface area contributed by atoms with E-state index in [2.05, 4.69) is 5.92 Å². The lowest BCUT2D eigenvalue weighted by Gasteiger charge is -2.26. The first-order chi connectivity index (χ1) is 14.3. The molecule has 0 aliphatic heterocycles. The second kappa shape index (κ2) is 8.83. The normalized spacial score (nSPS) is 11.2. The van der Waals surface area contributed by atoms with E-state index in [4.69, 9.17) is 22.9 Å². The molecule has 1 heterocycles. The quantitative estimate of drug-likeness (QED) is 0.397. The van der Waals surface area contributed by atoms with Crippen LogP contribution in [-0.4, -0.2) is 40.9 Å². The van der Waals surface area contributed by atoms with Gasteiger partial charge in [0, 0.05) is 20.2 Å². The number of urea groups is 1. The molecule has 0 saturated carbocycles. The summed E-state index contributed by atoms with van der Waals surface area (Å²) >= 11 is 6.03. The number of rotatable bonds is 4. The van der Waals surface area contributed by atoms with E-state index in [-0.39, 0.29) is 32.5 Å². The fourth-order valence-electron chi connectivity index (χ4n) is 2.62. The molecular formula is C18H15ClF4N4O4. The zero-order valence-electron chi connectivity index (χ0n) is 16.3. The highest BCUT2D eigenvalue weighted by Crippen LogP contribution is 2.31. The van der Waals surface area contributed by atoms with Crippen molar-refractivity contribution in [1.29, 1.82) is 0 Å². The van der Waals surface area contributed by atoms with Gasteiger partial charge in [0.1, 0.15) is 11.5 Å². The first-order valence-corrected chi connectivity index (χ1v) is 8.65. The lowest BCUT2D eigenvalue weighted by atomic mass is 10.2. The number of terminal acetylenes is 1. The van der Waals surface area contributed by atoms with Gasteiger partial charge < -0.3 is 0 Å². The Kier molecular flexibility index (Phi) is 6.83. The Morgan fingerprint density at radius 2 is 1.90 bits per heavy atom. The summed E-state index contributed by atoms with van der Waals surface area (Å²) in [7, 11) is 3.22. The summed E-state index contributed by atoms with van der Waals surface area (Å²) in [5.74, 6) is 1.00. The third kappa shape index (κ3) is 4.57. The van der Waals surface area contributed by atoms with Gasteiger partial charge >= 0.3 is 17.9 Å². The second-order valence-electron chi connectivity index (χ2n) is 6.05. The predicted molar refractivity (Wildman–Crippen MR) is 104 cm³/mol. The van der Waals surface area contributed by atoms with Gasteiger partial charge in [-0.2, -0.15) is 13.2 Å². The van der Waals surface area contributed by atoms with Gasteiger partial charge in [-0.3, -0.25) is 19.1 Å². The molecule has 2 aromatic rings. The maximum absolute atomic E-state index is 14.6. The molecule has 0 N–H and O–H groups in total. The summed E-state index contributed by atoms with van der Waals surface area (Å²) in [6.45, 7) is -0.364. The molecule has 1 aromatic carbocycles. The van der Waals surface area contributed by atoms with Crippen molar-refractivity contribution >= 4 is 23.3 Å². The highest BCUT2D eigenvalue weighted by molar-refractivity contribution is 6.34. The second-order valence-corrected chi connectivity index (χ2v) is 6.46. The monoisotopic (exact) mass is 462 g/mol. The van der Waals surface area contributed by atoms with Crippen molar-refractivity contribution < 1.29 is 27.2 Å². The molecule has 0 radical (unpaired) electrons. The number of anilines is 1. The van der Waals surface area contributed by atoms with Crippen molar-refractivity contribution in [2.75, 3.05) is 25.6 Å². The first-order valence-electron chi connectivity index (χ1n) is 8.27. The summed E-state index contributed by atoms with van der Waals surface area (Å²) in [4.78, 5) is 43.0. The molecule has 0 bridgehead atoms. The molecule has 1 aromatic heterocycles. The number of carbonyl (C=O) groups excluding carboxylic acids is 1. The van der Waals surface area contributed by atoms with E-state index >= 15 is 0 Å². The van der Waals surface area contributed by atoms with Gasteiger partial charge in [-0.1, -0.05) is 17.5 Å². The molecule has 31 heavy (non-hydrogen) atoms. The molecule has 0 fully saturated rings. The molecule has 166 valence electrons. The lowest BCUT2D eigenvalue weighted by molar-refractivity contribution is -0.144. The molecule has 2 amide bonds. The fraction of sp³-hybridized carbons (Fsp3) is 0.278. The van der Waals surface area contributed by atoms with Gasteiger partial charge in [-0.15, -0.1) is 6.42 Å². The van der Waals surface area contributed by atoms with Crippen molar-refractivity contribution in [2.24, 2.45) is 7.05 Å². The van der Waals surface area contributed by atoms with Crippen molar-refractivity contribution in [3.05, 3.63) is 55.6 Å². The fourth-order valence-corrected chi connectivity index (χ4v) is 2.87. The predicted octanol–water partition coefficient (Wildman–Crippen LogP) is 2.40. The number of alkyl halides is 3. The number of hydrogen-bond donors (Lipinski definition) is 0. The molecule has 0 spiro atoms. The molecular weight excluding hydrogens is 448 g/mol. The standard InChI is InChI=1S/C18H15ClF4N4O4/c1-5-6-26(17(30)25(3)31-4)12-8-13(11(20)7-10(12)19)27-15(28)9-14(18(21,22)23)24(2)16(27)29/h1,7-9H,6H2,2-4H3. The minimum absolute atomic E-state index is 0.151. The van der Waals surface area contributed by atoms with Gasteiger partial charge in [-0.25, -0.2) is 23.6 Å². The molecule has 8 nitrogen and oxygen atoms in total. The van der Waals surface area contributed by atoms with Crippen LogP contribution in [0.25, 0.3) is 5.69 Å². The minimum atomic E-state index is -4.99. The average molecular weight is 463 g/mol. The Morgan fingerprint density at radius 1 is 1.29 bits per heavy atom. The van der Waals surface area contributed by atoms with E-state index in [0.29, 0.717) is 6.07 Å². The number of hydrogen-bond acceptors (Lipinski definition) is 4. The van der Waals surface area contributed by atoms with E-state index < -0.39 is 40.7 Å². The van der Waals surface area contributed by atoms with Crippen LogP contribution < -0.4 is 16.1 Å². The summed E-state index contributed by atoms with van der Waals surface area (Å²) in [6.07, 6.45) is 0.276.